The van der Waals surface area contributed by atoms with E-state index in [1.165, 1.54) is 36.9 Å². The maximum Gasteiger partial charge on any atom is 0.330 e. The average Bonchev–Trinajstić information content (AvgIpc) is 2.43. The largest absolute Gasteiger partial charge is 0.330 e. The van der Waals surface area contributed by atoms with E-state index in [1.54, 1.807) is 6.92 Å². The maximum absolute atomic E-state index is 12.6. The summed E-state index contributed by atoms with van der Waals surface area (Å²) in [4.78, 5) is 36.6. The zero-order valence-corrected chi connectivity index (χ0v) is 13.1. The first-order valence-electron chi connectivity index (χ1n) is 6.02. The van der Waals surface area contributed by atoms with Crippen LogP contribution in [0.4, 0.5) is 0 Å². The van der Waals surface area contributed by atoms with Gasteiger partial charge in [0.05, 0.1) is 5.02 Å². The third-order valence-corrected chi connectivity index (χ3v) is 3.91. The van der Waals surface area contributed by atoms with E-state index in [4.69, 9.17) is 23.2 Å². The summed E-state index contributed by atoms with van der Waals surface area (Å²) >= 11 is 11.8. The number of nitrogens with zero attached hydrogens (tertiary/aromatic N) is 2. The van der Waals surface area contributed by atoms with Gasteiger partial charge in [0.25, 0.3) is 5.56 Å². The van der Waals surface area contributed by atoms with Crippen LogP contribution >= 0.6 is 23.2 Å². The van der Waals surface area contributed by atoms with E-state index in [9.17, 15) is 14.4 Å². The lowest BCUT2D eigenvalue weighted by Crippen LogP contribution is -2.41. The van der Waals surface area contributed by atoms with Crippen LogP contribution in [-0.2, 0) is 14.1 Å². The molecular formula is C14H12Cl2N2O3. The second-order valence-corrected chi connectivity index (χ2v) is 5.46. The van der Waals surface area contributed by atoms with Crippen molar-refractivity contribution >= 4 is 29.0 Å². The quantitative estimate of drug-likeness (QED) is 0.792. The molecule has 0 unspecified atom stereocenters. The van der Waals surface area contributed by atoms with Crippen LogP contribution in [-0.4, -0.2) is 14.9 Å². The number of carbonyl (C=O) groups excluding carboxylic acids is 1. The molecule has 1 heterocycles. The highest BCUT2D eigenvalue weighted by Crippen LogP contribution is 2.23. The van der Waals surface area contributed by atoms with Gasteiger partial charge >= 0.3 is 5.69 Å². The normalized spacial score (nSPS) is 10.7. The summed E-state index contributed by atoms with van der Waals surface area (Å²) in [5.74, 6) is -0.537. The van der Waals surface area contributed by atoms with Crippen molar-refractivity contribution in [1.29, 1.82) is 0 Å². The van der Waals surface area contributed by atoms with Gasteiger partial charge in [0.15, 0.2) is 0 Å². The van der Waals surface area contributed by atoms with Crippen molar-refractivity contribution in [2.75, 3.05) is 0 Å². The zero-order chi connectivity index (χ0) is 15.9. The summed E-state index contributed by atoms with van der Waals surface area (Å²) in [6, 6.07) is 4.40. The first-order chi connectivity index (χ1) is 9.75. The predicted octanol–water partition coefficient (Wildman–Crippen LogP) is 1.93. The van der Waals surface area contributed by atoms with E-state index >= 15 is 0 Å². The van der Waals surface area contributed by atoms with Gasteiger partial charge in [-0.25, -0.2) is 4.79 Å². The van der Waals surface area contributed by atoms with E-state index in [0.29, 0.717) is 10.7 Å². The van der Waals surface area contributed by atoms with Gasteiger partial charge in [0, 0.05) is 30.4 Å². The fourth-order valence-corrected chi connectivity index (χ4v) is 2.51. The van der Waals surface area contributed by atoms with E-state index < -0.39 is 17.0 Å². The highest BCUT2D eigenvalue weighted by atomic mass is 35.5. The first-order valence-corrected chi connectivity index (χ1v) is 6.77. The number of benzene rings is 1. The Morgan fingerprint density at radius 3 is 2.29 bits per heavy atom. The van der Waals surface area contributed by atoms with Crippen LogP contribution in [0.15, 0.2) is 27.8 Å². The molecule has 0 atom stereocenters. The molecule has 0 fully saturated rings. The molecule has 0 aliphatic carbocycles. The third kappa shape index (κ3) is 2.54. The van der Waals surface area contributed by atoms with Crippen LogP contribution in [0, 0.1) is 6.92 Å². The number of carbonyl (C=O) groups is 1. The smallest absolute Gasteiger partial charge is 0.300 e. The fraction of sp³-hybridized carbons (Fsp3) is 0.214. The first kappa shape index (κ1) is 15.5. The topological polar surface area (TPSA) is 61.1 Å². The SMILES string of the molecule is Cc1c(C(=O)c2ccc(Cl)cc2Cl)c(=O)n(C)c(=O)n1C. The van der Waals surface area contributed by atoms with Crippen molar-refractivity contribution in [2.24, 2.45) is 14.1 Å². The molecule has 0 radical (unpaired) electrons. The van der Waals surface area contributed by atoms with Gasteiger partial charge in [-0.05, 0) is 25.1 Å². The Balaban J connectivity index is 2.76. The summed E-state index contributed by atoms with van der Waals surface area (Å²) < 4.78 is 2.14. The highest BCUT2D eigenvalue weighted by molar-refractivity contribution is 6.37. The Morgan fingerprint density at radius 2 is 1.71 bits per heavy atom. The summed E-state index contributed by atoms with van der Waals surface area (Å²) in [5, 5.41) is 0.546. The van der Waals surface area contributed by atoms with E-state index in [0.717, 1.165) is 4.57 Å². The Labute approximate surface area is 130 Å². The number of ketones is 1. The molecule has 0 amide bonds. The lowest BCUT2D eigenvalue weighted by atomic mass is 10.0. The van der Waals surface area contributed by atoms with Crippen LogP contribution in [0.1, 0.15) is 21.6 Å². The van der Waals surface area contributed by atoms with Crippen molar-refractivity contribution in [3.05, 3.63) is 65.9 Å². The molecule has 7 heteroatoms. The molecular weight excluding hydrogens is 315 g/mol. The lowest BCUT2D eigenvalue weighted by Gasteiger charge is -2.11. The van der Waals surface area contributed by atoms with Crippen molar-refractivity contribution in [1.82, 2.24) is 9.13 Å². The van der Waals surface area contributed by atoms with Crippen molar-refractivity contribution < 1.29 is 4.79 Å². The minimum absolute atomic E-state index is 0.0798. The van der Waals surface area contributed by atoms with Crippen LogP contribution < -0.4 is 11.2 Å². The van der Waals surface area contributed by atoms with Gasteiger partial charge in [-0.1, -0.05) is 23.2 Å². The molecule has 0 saturated carbocycles. The molecule has 0 spiro atoms. The van der Waals surface area contributed by atoms with Gasteiger partial charge in [-0.2, -0.15) is 0 Å². The predicted molar refractivity (Wildman–Crippen MR) is 81.6 cm³/mol. The van der Waals surface area contributed by atoms with Gasteiger partial charge in [0.1, 0.15) is 5.56 Å². The van der Waals surface area contributed by atoms with Gasteiger partial charge in [-0.15, -0.1) is 0 Å². The second-order valence-electron chi connectivity index (χ2n) is 4.62. The number of hydrogen-bond acceptors (Lipinski definition) is 3. The van der Waals surface area contributed by atoms with E-state index in [1.807, 2.05) is 0 Å². The minimum Gasteiger partial charge on any atom is -0.300 e. The van der Waals surface area contributed by atoms with Gasteiger partial charge in [-0.3, -0.25) is 14.2 Å². The van der Waals surface area contributed by atoms with E-state index in [2.05, 4.69) is 0 Å². The summed E-state index contributed by atoms with van der Waals surface area (Å²) in [7, 11) is 2.82. The monoisotopic (exact) mass is 326 g/mol. The Bertz CT molecular complexity index is 866. The Kier molecular flexibility index (Phi) is 4.07. The Hall–Kier alpha value is -1.85. The van der Waals surface area contributed by atoms with E-state index in [-0.39, 0.29) is 16.1 Å². The van der Waals surface area contributed by atoms with Crippen LogP contribution in [0.25, 0.3) is 0 Å². The molecule has 2 rings (SSSR count). The van der Waals surface area contributed by atoms with Crippen LogP contribution in [0.3, 0.4) is 0 Å². The molecule has 1 aromatic heterocycles. The van der Waals surface area contributed by atoms with Crippen molar-refractivity contribution in [2.45, 2.75) is 6.92 Å². The van der Waals surface area contributed by atoms with Gasteiger partial charge < -0.3 is 4.57 Å². The summed E-state index contributed by atoms with van der Waals surface area (Å²) in [6.07, 6.45) is 0. The summed E-state index contributed by atoms with van der Waals surface area (Å²) in [5.41, 5.74) is -0.759. The molecule has 1 aromatic carbocycles. The Morgan fingerprint density at radius 1 is 1.10 bits per heavy atom. The number of hydrogen-bond donors (Lipinski definition) is 0. The standard InChI is InChI=1S/C14H12Cl2N2O3/c1-7-11(13(20)18(3)14(21)17(7)2)12(19)9-5-4-8(15)6-10(9)16/h4-6H,1-3H3. The van der Waals surface area contributed by atoms with Crippen molar-refractivity contribution in [3.8, 4) is 0 Å². The molecule has 21 heavy (non-hydrogen) atoms. The third-order valence-electron chi connectivity index (χ3n) is 3.36. The summed E-state index contributed by atoms with van der Waals surface area (Å²) in [6.45, 7) is 1.54. The van der Waals surface area contributed by atoms with Crippen LogP contribution in [0.2, 0.25) is 10.0 Å². The molecule has 5 nitrogen and oxygen atoms in total. The lowest BCUT2D eigenvalue weighted by molar-refractivity contribution is 0.103. The molecule has 110 valence electrons. The second kappa shape index (κ2) is 5.50. The maximum atomic E-state index is 12.6. The molecule has 0 saturated heterocycles. The van der Waals surface area contributed by atoms with Crippen LogP contribution in [0.5, 0.6) is 0 Å². The highest BCUT2D eigenvalue weighted by Gasteiger charge is 2.22. The van der Waals surface area contributed by atoms with Crippen molar-refractivity contribution in [3.63, 3.8) is 0 Å². The fourth-order valence-electron chi connectivity index (χ4n) is 2.02. The molecule has 0 N–H and O–H groups in total. The molecule has 0 aliphatic rings. The molecule has 0 aliphatic heterocycles. The number of rotatable bonds is 2. The number of halogens is 2. The number of aromatic nitrogens is 2. The zero-order valence-electron chi connectivity index (χ0n) is 11.6. The molecule has 0 bridgehead atoms. The minimum atomic E-state index is -0.647. The average molecular weight is 327 g/mol. The van der Waals surface area contributed by atoms with Gasteiger partial charge in [0.2, 0.25) is 5.78 Å². The molecule has 2 aromatic rings.